The summed E-state index contributed by atoms with van der Waals surface area (Å²) in [5.41, 5.74) is 15.2. The molecular formula is C13H14N4. The zero-order valence-electron chi connectivity index (χ0n) is 9.57. The van der Waals surface area contributed by atoms with Gasteiger partial charge in [-0.05, 0) is 36.8 Å². The van der Waals surface area contributed by atoms with Crippen LogP contribution in [0.2, 0.25) is 0 Å². The SMILES string of the molecule is Cc1cc(N)c(N)cc1N=C1C=CC=CC1=N. The monoisotopic (exact) mass is 226 g/mol. The number of hydrogen-bond donors (Lipinski definition) is 3. The Morgan fingerprint density at radius 2 is 1.71 bits per heavy atom. The van der Waals surface area contributed by atoms with Crippen molar-refractivity contribution < 1.29 is 0 Å². The van der Waals surface area contributed by atoms with E-state index in [1.54, 1.807) is 24.3 Å². The number of aliphatic imine (C=N–C) groups is 1. The molecule has 0 radical (unpaired) electrons. The van der Waals surface area contributed by atoms with Gasteiger partial charge in [0, 0.05) is 0 Å². The van der Waals surface area contributed by atoms with Crippen LogP contribution in [0.1, 0.15) is 5.56 Å². The zero-order valence-corrected chi connectivity index (χ0v) is 9.57. The van der Waals surface area contributed by atoms with Crippen LogP contribution in [0.15, 0.2) is 41.4 Å². The van der Waals surface area contributed by atoms with E-state index in [-0.39, 0.29) is 0 Å². The van der Waals surface area contributed by atoms with Gasteiger partial charge in [-0.25, -0.2) is 4.99 Å². The van der Waals surface area contributed by atoms with Gasteiger partial charge >= 0.3 is 0 Å². The highest BCUT2D eigenvalue weighted by Gasteiger charge is 2.06. The molecule has 0 saturated heterocycles. The first-order valence-corrected chi connectivity index (χ1v) is 5.26. The predicted molar refractivity (Wildman–Crippen MR) is 73.1 cm³/mol. The van der Waals surface area contributed by atoms with E-state index in [9.17, 15) is 0 Å². The van der Waals surface area contributed by atoms with Crippen LogP contribution in [0.3, 0.4) is 0 Å². The van der Waals surface area contributed by atoms with Crippen LogP contribution in [0.4, 0.5) is 17.1 Å². The minimum absolute atomic E-state index is 0.391. The minimum Gasteiger partial charge on any atom is -0.397 e. The summed E-state index contributed by atoms with van der Waals surface area (Å²) in [7, 11) is 0. The van der Waals surface area contributed by atoms with Crippen molar-refractivity contribution in [2.75, 3.05) is 11.5 Å². The van der Waals surface area contributed by atoms with Gasteiger partial charge in [-0.3, -0.25) is 5.41 Å². The molecule has 1 aliphatic carbocycles. The van der Waals surface area contributed by atoms with E-state index in [4.69, 9.17) is 16.9 Å². The molecule has 0 spiro atoms. The van der Waals surface area contributed by atoms with Crippen molar-refractivity contribution >= 4 is 28.5 Å². The van der Waals surface area contributed by atoms with Gasteiger partial charge in [0.25, 0.3) is 0 Å². The standard InChI is InChI=1S/C13H14N4/c1-8-6-10(15)11(16)7-13(8)17-12-5-3-2-4-9(12)14/h2-7,14H,15-16H2,1H3. The topological polar surface area (TPSA) is 88.2 Å². The molecule has 1 aliphatic rings. The number of allylic oxidation sites excluding steroid dienone is 4. The first-order chi connectivity index (χ1) is 8.08. The van der Waals surface area contributed by atoms with E-state index >= 15 is 0 Å². The van der Waals surface area contributed by atoms with E-state index in [1.165, 1.54) is 0 Å². The largest absolute Gasteiger partial charge is 0.397 e. The summed E-state index contributed by atoms with van der Waals surface area (Å²) in [6.45, 7) is 1.92. The normalized spacial score (nSPS) is 16.8. The van der Waals surface area contributed by atoms with Crippen LogP contribution in [0.25, 0.3) is 0 Å². The summed E-state index contributed by atoms with van der Waals surface area (Å²) in [6, 6.07) is 3.53. The lowest BCUT2D eigenvalue weighted by Gasteiger charge is -2.08. The van der Waals surface area contributed by atoms with Gasteiger partial charge < -0.3 is 11.5 Å². The number of nitrogen functional groups attached to an aromatic ring is 2. The lowest BCUT2D eigenvalue weighted by molar-refractivity contribution is 1.40. The highest BCUT2D eigenvalue weighted by molar-refractivity contribution is 6.50. The Labute approximate surface area is 99.9 Å². The van der Waals surface area contributed by atoms with Gasteiger partial charge in [0.15, 0.2) is 0 Å². The van der Waals surface area contributed by atoms with E-state index in [0.29, 0.717) is 22.8 Å². The number of nitrogens with two attached hydrogens (primary N) is 2. The highest BCUT2D eigenvalue weighted by atomic mass is 14.8. The molecule has 0 fully saturated rings. The Hall–Kier alpha value is -2.36. The first-order valence-electron chi connectivity index (χ1n) is 5.26. The van der Waals surface area contributed by atoms with Crippen LogP contribution < -0.4 is 11.5 Å². The van der Waals surface area contributed by atoms with Gasteiger partial charge in [0.05, 0.1) is 28.5 Å². The van der Waals surface area contributed by atoms with Gasteiger partial charge in [-0.1, -0.05) is 12.2 Å². The second-order valence-electron chi connectivity index (χ2n) is 3.90. The van der Waals surface area contributed by atoms with Crippen molar-refractivity contribution in [1.82, 2.24) is 0 Å². The summed E-state index contributed by atoms with van der Waals surface area (Å²) < 4.78 is 0. The molecule has 1 aromatic rings. The van der Waals surface area contributed by atoms with Gasteiger partial charge in [-0.2, -0.15) is 0 Å². The molecule has 0 bridgehead atoms. The predicted octanol–water partition coefficient (Wildman–Crippen LogP) is 2.38. The number of benzene rings is 1. The fourth-order valence-electron chi connectivity index (χ4n) is 1.56. The lowest BCUT2D eigenvalue weighted by Crippen LogP contribution is -2.09. The molecule has 5 N–H and O–H groups in total. The van der Waals surface area contributed by atoms with E-state index in [1.807, 2.05) is 19.1 Å². The van der Waals surface area contributed by atoms with Crippen molar-refractivity contribution in [3.05, 3.63) is 42.0 Å². The van der Waals surface area contributed by atoms with Gasteiger partial charge in [-0.15, -0.1) is 0 Å². The molecule has 0 amide bonds. The second-order valence-corrected chi connectivity index (χ2v) is 3.90. The van der Waals surface area contributed by atoms with E-state index in [0.717, 1.165) is 11.3 Å². The highest BCUT2D eigenvalue weighted by Crippen LogP contribution is 2.27. The van der Waals surface area contributed by atoms with Crippen molar-refractivity contribution in [2.24, 2.45) is 4.99 Å². The summed E-state index contributed by atoms with van der Waals surface area (Å²) in [5, 5.41) is 7.74. The third-order valence-corrected chi connectivity index (χ3v) is 2.55. The molecule has 0 atom stereocenters. The number of nitrogens with zero attached hydrogens (tertiary/aromatic N) is 1. The summed E-state index contributed by atoms with van der Waals surface area (Å²) >= 11 is 0. The van der Waals surface area contributed by atoms with Gasteiger partial charge in [0.1, 0.15) is 0 Å². The number of nitrogens with one attached hydrogen (secondary N) is 1. The Kier molecular flexibility index (Phi) is 2.78. The number of rotatable bonds is 1. The quantitative estimate of drug-likeness (QED) is 0.507. The Bertz CT molecular complexity index is 565. The maximum atomic E-state index is 7.74. The maximum absolute atomic E-state index is 7.74. The van der Waals surface area contributed by atoms with Crippen molar-refractivity contribution in [2.45, 2.75) is 6.92 Å². The van der Waals surface area contributed by atoms with Gasteiger partial charge in [0.2, 0.25) is 0 Å². The Morgan fingerprint density at radius 3 is 2.41 bits per heavy atom. The molecule has 86 valence electrons. The molecule has 0 aliphatic heterocycles. The third kappa shape index (κ3) is 2.25. The van der Waals surface area contributed by atoms with Crippen molar-refractivity contribution in [3.8, 4) is 0 Å². The maximum Gasteiger partial charge on any atom is 0.0886 e. The average Bonchev–Trinajstić information content (AvgIpc) is 2.29. The van der Waals surface area contributed by atoms with Crippen LogP contribution in [-0.2, 0) is 0 Å². The molecule has 0 heterocycles. The zero-order chi connectivity index (χ0) is 12.4. The second kappa shape index (κ2) is 4.25. The molecule has 17 heavy (non-hydrogen) atoms. The minimum atomic E-state index is 0.391. The van der Waals surface area contributed by atoms with E-state index < -0.39 is 0 Å². The smallest absolute Gasteiger partial charge is 0.0886 e. The molecule has 1 aromatic carbocycles. The fraction of sp³-hybridized carbons (Fsp3) is 0.0769. The fourth-order valence-corrected chi connectivity index (χ4v) is 1.56. The molecule has 2 rings (SSSR count). The van der Waals surface area contributed by atoms with Crippen LogP contribution >= 0.6 is 0 Å². The molecule has 0 aromatic heterocycles. The van der Waals surface area contributed by atoms with Crippen LogP contribution in [0.5, 0.6) is 0 Å². The molecule has 4 heteroatoms. The molecule has 0 unspecified atom stereocenters. The number of anilines is 2. The Balaban J connectivity index is 2.46. The van der Waals surface area contributed by atoms with Crippen molar-refractivity contribution in [1.29, 1.82) is 5.41 Å². The number of aryl methyl sites for hydroxylation is 1. The molecule has 0 saturated carbocycles. The van der Waals surface area contributed by atoms with E-state index in [2.05, 4.69) is 4.99 Å². The van der Waals surface area contributed by atoms with Crippen molar-refractivity contribution in [3.63, 3.8) is 0 Å². The first kappa shape index (κ1) is 11.1. The summed E-state index contributed by atoms with van der Waals surface area (Å²) in [6.07, 6.45) is 7.17. The summed E-state index contributed by atoms with van der Waals surface area (Å²) in [5.74, 6) is 0. The lowest BCUT2D eigenvalue weighted by atomic mass is 10.1. The number of hydrogen-bond acceptors (Lipinski definition) is 4. The third-order valence-electron chi connectivity index (χ3n) is 2.55. The summed E-state index contributed by atoms with van der Waals surface area (Å²) in [4.78, 5) is 4.42. The molecule has 4 nitrogen and oxygen atoms in total. The molecular weight excluding hydrogens is 212 g/mol. The van der Waals surface area contributed by atoms with Crippen LogP contribution in [-0.4, -0.2) is 11.4 Å². The van der Waals surface area contributed by atoms with Crippen LogP contribution in [0, 0.1) is 12.3 Å². The Morgan fingerprint density at radius 1 is 1.06 bits per heavy atom. The average molecular weight is 226 g/mol.